The number of nitrogens with zero attached hydrogens (tertiary/aromatic N) is 5. The van der Waals surface area contributed by atoms with Crippen LogP contribution in [0.2, 0.25) is 0 Å². The molecule has 23 heavy (non-hydrogen) atoms. The van der Waals surface area contributed by atoms with E-state index >= 15 is 0 Å². The molecule has 0 radical (unpaired) electrons. The van der Waals surface area contributed by atoms with E-state index in [1.807, 2.05) is 7.05 Å². The minimum atomic E-state index is 0. The fourth-order valence-corrected chi connectivity index (χ4v) is 2.89. The Morgan fingerprint density at radius 3 is 2.70 bits per heavy atom. The van der Waals surface area contributed by atoms with Gasteiger partial charge in [0.2, 0.25) is 0 Å². The van der Waals surface area contributed by atoms with Crippen molar-refractivity contribution in [3.63, 3.8) is 0 Å². The Morgan fingerprint density at radius 1 is 1.35 bits per heavy atom. The molecule has 0 bridgehead atoms. The van der Waals surface area contributed by atoms with Gasteiger partial charge >= 0.3 is 0 Å². The van der Waals surface area contributed by atoms with Gasteiger partial charge in [0.05, 0.1) is 6.54 Å². The molecule has 1 aliphatic heterocycles. The molecule has 2 heterocycles. The van der Waals surface area contributed by atoms with Gasteiger partial charge in [0.25, 0.3) is 0 Å². The van der Waals surface area contributed by atoms with Gasteiger partial charge in [0.1, 0.15) is 0 Å². The summed E-state index contributed by atoms with van der Waals surface area (Å²) < 4.78 is 2.15. The van der Waals surface area contributed by atoms with Gasteiger partial charge < -0.3 is 19.7 Å². The van der Waals surface area contributed by atoms with Crippen LogP contribution in [-0.2, 0) is 13.6 Å². The van der Waals surface area contributed by atoms with Gasteiger partial charge in [-0.15, -0.1) is 24.0 Å². The van der Waals surface area contributed by atoms with Gasteiger partial charge in [-0.05, 0) is 26.2 Å². The molecule has 1 atom stereocenters. The molecule has 1 unspecified atom stereocenters. The van der Waals surface area contributed by atoms with Crippen molar-refractivity contribution in [3.8, 4) is 0 Å². The Hall–Kier alpha value is -0.800. The van der Waals surface area contributed by atoms with Crippen LogP contribution in [0.15, 0.2) is 23.3 Å². The second kappa shape index (κ2) is 9.48. The normalized spacial score (nSPS) is 20.2. The van der Waals surface area contributed by atoms with Crippen LogP contribution in [0, 0.1) is 0 Å². The smallest absolute Gasteiger partial charge is 0.193 e. The van der Waals surface area contributed by atoms with Gasteiger partial charge in [0.15, 0.2) is 5.96 Å². The summed E-state index contributed by atoms with van der Waals surface area (Å²) in [7, 11) is 10.4. The van der Waals surface area contributed by atoms with Crippen LogP contribution in [0.5, 0.6) is 0 Å². The molecule has 0 aromatic carbocycles. The van der Waals surface area contributed by atoms with Crippen LogP contribution in [0.3, 0.4) is 0 Å². The molecule has 0 spiro atoms. The van der Waals surface area contributed by atoms with Crippen LogP contribution in [-0.4, -0.2) is 85.6 Å². The number of aromatic nitrogens is 1. The van der Waals surface area contributed by atoms with Crippen molar-refractivity contribution in [2.24, 2.45) is 12.0 Å². The highest BCUT2D eigenvalue weighted by atomic mass is 127. The van der Waals surface area contributed by atoms with Crippen LogP contribution >= 0.6 is 24.0 Å². The number of rotatable bonds is 4. The Morgan fingerprint density at radius 2 is 2.09 bits per heavy atom. The molecule has 1 aromatic rings. The maximum absolute atomic E-state index is 4.42. The molecule has 2 rings (SSSR count). The Balaban J connectivity index is 0.00000264. The van der Waals surface area contributed by atoms with E-state index in [-0.39, 0.29) is 24.0 Å². The van der Waals surface area contributed by atoms with Gasteiger partial charge in [-0.1, -0.05) is 0 Å². The van der Waals surface area contributed by atoms with E-state index in [1.165, 1.54) is 5.69 Å². The van der Waals surface area contributed by atoms with Gasteiger partial charge in [-0.25, -0.2) is 0 Å². The molecule has 1 aromatic heterocycles. The Kier molecular flexibility index (Phi) is 8.35. The maximum Gasteiger partial charge on any atom is 0.193 e. The zero-order valence-electron chi connectivity index (χ0n) is 15.0. The summed E-state index contributed by atoms with van der Waals surface area (Å²) in [6.45, 7) is 5.15. The molecule has 1 saturated heterocycles. The summed E-state index contributed by atoms with van der Waals surface area (Å²) in [4.78, 5) is 11.4. The number of hydrogen-bond donors (Lipinski definition) is 1. The standard InChI is InChI=1S/C16H30N6.HI/c1-17-16(22(5)13-14-7-6-8-20(14)3)18-11-15-12-19(2)9-10-21(15)4;/h6-8,15H,9-13H2,1-5H3,(H,17,18);1H. The first-order valence-electron chi connectivity index (χ1n) is 7.92. The van der Waals surface area contributed by atoms with Gasteiger partial charge in [-0.2, -0.15) is 0 Å². The molecule has 1 fully saturated rings. The zero-order chi connectivity index (χ0) is 16.1. The second-order valence-corrected chi connectivity index (χ2v) is 6.29. The van der Waals surface area contributed by atoms with Crippen molar-refractivity contribution >= 4 is 29.9 Å². The third-order valence-corrected chi connectivity index (χ3v) is 4.50. The number of aryl methyl sites for hydroxylation is 1. The summed E-state index contributed by atoms with van der Waals surface area (Å²) in [6.07, 6.45) is 2.08. The maximum atomic E-state index is 4.42. The van der Waals surface area contributed by atoms with Gasteiger partial charge in [-0.3, -0.25) is 9.89 Å². The Bertz CT molecular complexity index is 501. The molecule has 1 aliphatic rings. The van der Waals surface area contributed by atoms with Crippen molar-refractivity contribution in [3.05, 3.63) is 24.0 Å². The minimum absolute atomic E-state index is 0. The topological polar surface area (TPSA) is 39.0 Å². The van der Waals surface area contributed by atoms with E-state index < -0.39 is 0 Å². The van der Waals surface area contributed by atoms with Crippen molar-refractivity contribution in [2.75, 3.05) is 54.4 Å². The average molecular weight is 434 g/mol. The molecule has 0 amide bonds. The highest BCUT2D eigenvalue weighted by molar-refractivity contribution is 14.0. The van der Waals surface area contributed by atoms with Crippen LogP contribution in [0.1, 0.15) is 5.69 Å². The highest BCUT2D eigenvalue weighted by Crippen LogP contribution is 2.06. The minimum Gasteiger partial charge on any atom is -0.355 e. The highest BCUT2D eigenvalue weighted by Gasteiger charge is 2.22. The number of nitrogens with one attached hydrogen (secondary N) is 1. The lowest BCUT2D eigenvalue weighted by molar-refractivity contribution is 0.116. The zero-order valence-corrected chi connectivity index (χ0v) is 17.3. The second-order valence-electron chi connectivity index (χ2n) is 6.29. The predicted octanol–water partition coefficient (Wildman–Crippen LogP) is 0.896. The number of halogens is 1. The quantitative estimate of drug-likeness (QED) is 0.434. The largest absolute Gasteiger partial charge is 0.355 e. The van der Waals surface area contributed by atoms with E-state index in [9.17, 15) is 0 Å². The van der Waals surface area contributed by atoms with Crippen molar-refractivity contribution in [1.82, 2.24) is 24.6 Å². The SMILES string of the molecule is CN=C(NCC1CN(C)CCN1C)N(C)Cc1cccn1C.I. The molecule has 7 heteroatoms. The van der Waals surface area contributed by atoms with E-state index in [0.29, 0.717) is 6.04 Å². The predicted molar refractivity (Wildman–Crippen MR) is 108 cm³/mol. The lowest BCUT2D eigenvalue weighted by Gasteiger charge is -2.38. The van der Waals surface area contributed by atoms with E-state index in [4.69, 9.17) is 0 Å². The fourth-order valence-electron chi connectivity index (χ4n) is 2.89. The van der Waals surface area contributed by atoms with Gasteiger partial charge in [0, 0.05) is 65.3 Å². The number of hydrogen-bond acceptors (Lipinski definition) is 3. The molecule has 0 saturated carbocycles. The number of likely N-dealkylation sites (N-methyl/N-ethyl adjacent to an activating group) is 2. The summed E-state index contributed by atoms with van der Waals surface area (Å²) in [5.41, 5.74) is 1.28. The summed E-state index contributed by atoms with van der Waals surface area (Å²) in [5, 5.41) is 3.52. The van der Waals surface area contributed by atoms with E-state index in [0.717, 1.165) is 38.7 Å². The number of guanidine groups is 1. The first-order chi connectivity index (χ1) is 10.5. The van der Waals surface area contributed by atoms with Crippen LogP contribution in [0.4, 0.5) is 0 Å². The van der Waals surface area contributed by atoms with E-state index in [2.05, 4.69) is 76.1 Å². The number of aliphatic imine (C=N–C) groups is 1. The lowest BCUT2D eigenvalue weighted by Crippen LogP contribution is -2.55. The first kappa shape index (κ1) is 20.2. The first-order valence-corrected chi connectivity index (χ1v) is 7.92. The molecular weight excluding hydrogens is 403 g/mol. The third kappa shape index (κ3) is 5.65. The van der Waals surface area contributed by atoms with Crippen LogP contribution in [0.25, 0.3) is 0 Å². The fraction of sp³-hybridized carbons (Fsp3) is 0.688. The monoisotopic (exact) mass is 434 g/mol. The average Bonchev–Trinajstić information content (AvgIpc) is 2.88. The summed E-state index contributed by atoms with van der Waals surface area (Å²) in [6, 6.07) is 4.75. The van der Waals surface area contributed by atoms with Crippen molar-refractivity contribution in [2.45, 2.75) is 12.6 Å². The molecular formula is C16H31IN6. The Labute approximate surface area is 157 Å². The van der Waals surface area contributed by atoms with E-state index in [1.54, 1.807) is 0 Å². The summed E-state index contributed by atoms with van der Waals surface area (Å²) >= 11 is 0. The van der Waals surface area contributed by atoms with Crippen LogP contribution < -0.4 is 5.32 Å². The molecule has 0 aliphatic carbocycles. The molecule has 6 nitrogen and oxygen atoms in total. The lowest BCUT2D eigenvalue weighted by atomic mass is 10.2. The molecule has 1 N–H and O–H groups in total. The number of piperazine rings is 1. The summed E-state index contributed by atoms with van der Waals surface area (Å²) in [5.74, 6) is 0.947. The third-order valence-electron chi connectivity index (χ3n) is 4.50. The van der Waals surface area contributed by atoms with Crippen molar-refractivity contribution < 1.29 is 0 Å². The van der Waals surface area contributed by atoms with Crippen molar-refractivity contribution in [1.29, 1.82) is 0 Å². The molecule has 132 valence electrons.